The van der Waals surface area contributed by atoms with Gasteiger partial charge in [0.25, 0.3) is 0 Å². The minimum atomic E-state index is -0.344. The third-order valence-electron chi connectivity index (χ3n) is 3.06. The number of benzene rings is 2. The van der Waals surface area contributed by atoms with E-state index >= 15 is 0 Å². The van der Waals surface area contributed by atoms with Crippen molar-refractivity contribution in [2.45, 2.75) is 6.54 Å². The second-order valence-electron chi connectivity index (χ2n) is 4.52. The average molecular weight is 273 g/mol. The van der Waals surface area contributed by atoms with Crippen molar-refractivity contribution in [3.05, 3.63) is 65.5 Å². The fraction of sp³-hybridized carbons (Fsp3) is 0.188. The molecule has 0 N–H and O–H groups in total. The van der Waals surface area contributed by atoms with Gasteiger partial charge in [0.2, 0.25) is 0 Å². The summed E-state index contributed by atoms with van der Waals surface area (Å²) < 4.78 is 17.5. The topological polar surface area (TPSA) is 29.5 Å². The maximum atomic E-state index is 12.9. The van der Waals surface area contributed by atoms with Crippen molar-refractivity contribution in [2.24, 2.45) is 0 Å². The van der Waals surface area contributed by atoms with Crippen LogP contribution in [0.4, 0.5) is 10.1 Å². The number of anilines is 1. The summed E-state index contributed by atoms with van der Waals surface area (Å²) in [6.07, 6.45) is 0. The number of esters is 1. The van der Waals surface area contributed by atoms with Crippen LogP contribution < -0.4 is 4.90 Å². The van der Waals surface area contributed by atoms with Gasteiger partial charge in [-0.1, -0.05) is 12.1 Å². The van der Waals surface area contributed by atoms with Crippen LogP contribution in [0.15, 0.2) is 48.5 Å². The van der Waals surface area contributed by atoms with E-state index < -0.39 is 0 Å². The van der Waals surface area contributed by atoms with Gasteiger partial charge in [-0.3, -0.25) is 0 Å². The molecule has 0 saturated carbocycles. The SMILES string of the molecule is COC(=O)c1ccc(CN(C)c2ccc(F)cc2)cc1. The van der Waals surface area contributed by atoms with Crippen LogP contribution >= 0.6 is 0 Å². The lowest BCUT2D eigenvalue weighted by atomic mass is 10.1. The monoisotopic (exact) mass is 273 g/mol. The number of halogens is 1. The van der Waals surface area contributed by atoms with E-state index in [9.17, 15) is 9.18 Å². The van der Waals surface area contributed by atoms with E-state index in [0.717, 1.165) is 11.3 Å². The van der Waals surface area contributed by atoms with E-state index in [2.05, 4.69) is 4.74 Å². The molecule has 2 rings (SSSR count). The molecule has 104 valence electrons. The predicted octanol–water partition coefficient (Wildman–Crippen LogP) is 3.25. The highest BCUT2D eigenvalue weighted by Crippen LogP contribution is 2.16. The van der Waals surface area contributed by atoms with Gasteiger partial charge in [0, 0.05) is 19.3 Å². The van der Waals surface area contributed by atoms with Crippen molar-refractivity contribution in [3.63, 3.8) is 0 Å². The molecule has 0 atom stereocenters. The van der Waals surface area contributed by atoms with Gasteiger partial charge in [-0.15, -0.1) is 0 Å². The highest BCUT2D eigenvalue weighted by atomic mass is 19.1. The smallest absolute Gasteiger partial charge is 0.337 e. The van der Waals surface area contributed by atoms with Gasteiger partial charge in [0.1, 0.15) is 5.82 Å². The van der Waals surface area contributed by atoms with Crippen molar-refractivity contribution in [3.8, 4) is 0 Å². The number of methoxy groups -OCH3 is 1. The first kappa shape index (κ1) is 14.1. The Morgan fingerprint density at radius 3 is 2.25 bits per heavy atom. The first-order valence-corrected chi connectivity index (χ1v) is 6.24. The number of ether oxygens (including phenoxy) is 1. The first-order valence-electron chi connectivity index (χ1n) is 6.24. The summed E-state index contributed by atoms with van der Waals surface area (Å²) in [6, 6.07) is 13.6. The maximum absolute atomic E-state index is 12.9. The molecule has 0 spiro atoms. The Morgan fingerprint density at radius 1 is 1.10 bits per heavy atom. The van der Waals surface area contributed by atoms with Crippen molar-refractivity contribution < 1.29 is 13.9 Å². The van der Waals surface area contributed by atoms with E-state index in [1.807, 2.05) is 24.1 Å². The second kappa shape index (κ2) is 6.19. The highest BCUT2D eigenvalue weighted by Gasteiger charge is 2.06. The Morgan fingerprint density at radius 2 is 1.70 bits per heavy atom. The third kappa shape index (κ3) is 3.35. The number of carbonyl (C=O) groups excluding carboxylic acids is 1. The predicted molar refractivity (Wildman–Crippen MR) is 76.3 cm³/mol. The summed E-state index contributed by atoms with van der Waals surface area (Å²) in [4.78, 5) is 13.3. The Balaban J connectivity index is 2.06. The van der Waals surface area contributed by atoms with Gasteiger partial charge in [-0.05, 0) is 42.0 Å². The van der Waals surface area contributed by atoms with Crippen molar-refractivity contribution in [1.29, 1.82) is 0 Å². The maximum Gasteiger partial charge on any atom is 0.337 e. The van der Waals surface area contributed by atoms with Crippen molar-refractivity contribution in [1.82, 2.24) is 0 Å². The quantitative estimate of drug-likeness (QED) is 0.801. The second-order valence-corrected chi connectivity index (χ2v) is 4.52. The zero-order valence-electron chi connectivity index (χ0n) is 11.5. The molecule has 0 bridgehead atoms. The zero-order chi connectivity index (χ0) is 14.5. The van der Waals surface area contributed by atoms with E-state index in [1.54, 1.807) is 24.3 Å². The molecular formula is C16H16FNO2. The van der Waals surface area contributed by atoms with E-state index in [-0.39, 0.29) is 11.8 Å². The molecule has 2 aromatic carbocycles. The standard InChI is InChI=1S/C16H16FNO2/c1-18(15-9-7-14(17)8-10-15)11-12-3-5-13(6-4-12)16(19)20-2/h3-10H,11H2,1-2H3. The molecule has 0 aliphatic rings. The number of nitrogens with zero attached hydrogens (tertiary/aromatic N) is 1. The Hall–Kier alpha value is -2.36. The molecule has 0 saturated heterocycles. The third-order valence-corrected chi connectivity index (χ3v) is 3.06. The average Bonchev–Trinajstić information content (AvgIpc) is 2.48. The lowest BCUT2D eigenvalue weighted by molar-refractivity contribution is 0.0600. The van der Waals surface area contributed by atoms with Crippen LogP contribution in [0.2, 0.25) is 0 Å². The van der Waals surface area contributed by atoms with Crippen LogP contribution in [0.25, 0.3) is 0 Å². The summed E-state index contributed by atoms with van der Waals surface area (Å²) in [5.41, 5.74) is 2.52. The van der Waals surface area contributed by atoms with Crippen LogP contribution in [0, 0.1) is 5.82 Å². The number of hydrogen-bond donors (Lipinski definition) is 0. The minimum Gasteiger partial charge on any atom is -0.465 e. The van der Waals surface area contributed by atoms with Crippen LogP contribution in [0.5, 0.6) is 0 Å². The van der Waals surface area contributed by atoms with E-state index in [0.29, 0.717) is 12.1 Å². The van der Waals surface area contributed by atoms with Gasteiger partial charge in [-0.2, -0.15) is 0 Å². The Labute approximate surface area is 117 Å². The highest BCUT2D eigenvalue weighted by molar-refractivity contribution is 5.89. The molecule has 0 aromatic heterocycles. The van der Waals surface area contributed by atoms with Gasteiger partial charge >= 0.3 is 5.97 Å². The number of carbonyl (C=O) groups is 1. The lowest BCUT2D eigenvalue weighted by Crippen LogP contribution is -2.16. The fourth-order valence-corrected chi connectivity index (χ4v) is 1.92. The summed E-state index contributed by atoms with van der Waals surface area (Å²) in [7, 11) is 3.29. The van der Waals surface area contributed by atoms with Gasteiger partial charge in [0.05, 0.1) is 12.7 Å². The number of hydrogen-bond acceptors (Lipinski definition) is 3. The fourth-order valence-electron chi connectivity index (χ4n) is 1.92. The molecule has 2 aromatic rings. The molecule has 0 radical (unpaired) electrons. The summed E-state index contributed by atoms with van der Waals surface area (Å²) in [5, 5.41) is 0. The lowest BCUT2D eigenvalue weighted by Gasteiger charge is -2.19. The normalized spacial score (nSPS) is 10.2. The van der Waals surface area contributed by atoms with Crippen LogP contribution in [-0.2, 0) is 11.3 Å². The van der Waals surface area contributed by atoms with Crippen molar-refractivity contribution in [2.75, 3.05) is 19.1 Å². The molecule has 0 heterocycles. The minimum absolute atomic E-state index is 0.246. The van der Waals surface area contributed by atoms with Crippen LogP contribution in [-0.4, -0.2) is 20.1 Å². The van der Waals surface area contributed by atoms with Gasteiger partial charge < -0.3 is 9.64 Å². The molecule has 0 unspecified atom stereocenters. The largest absolute Gasteiger partial charge is 0.465 e. The molecule has 4 heteroatoms. The van der Waals surface area contributed by atoms with Crippen LogP contribution in [0.3, 0.4) is 0 Å². The Bertz CT molecular complexity index is 578. The van der Waals surface area contributed by atoms with Gasteiger partial charge in [-0.25, -0.2) is 9.18 Å². The van der Waals surface area contributed by atoms with E-state index in [4.69, 9.17) is 0 Å². The summed E-state index contributed by atoms with van der Waals surface area (Å²) >= 11 is 0. The van der Waals surface area contributed by atoms with Crippen molar-refractivity contribution >= 4 is 11.7 Å². The van der Waals surface area contributed by atoms with Gasteiger partial charge in [0.15, 0.2) is 0 Å². The summed E-state index contributed by atoms with van der Waals surface area (Å²) in [5.74, 6) is -0.590. The molecule has 20 heavy (non-hydrogen) atoms. The van der Waals surface area contributed by atoms with E-state index in [1.165, 1.54) is 19.2 Å². The molecule has 0 aliphatic heterocycles. The molecule has 3 nitrogen and oxygen atoms in total. The molecule has 0 aliphatic carbocycles. The first-order chi connectivity index (χ1) is 9.60. The number of rotatable bonds is 4. The molecule has 0 fully saturated rings. The summed E-state index contributed by atoms with van der Waals surface area (Å²) in [6.45, 7) is 0.674. The Kier molecular flexibility index (Phi) is 4.35. The molecule has 0 amide bonds. The zero-order valence-corrected chi connectivity index (χ0v) is 11.5. The van der Waals surface area contributed by atoms with Crippen LogP contribution in [0.1, 0.15) is 15.9 Å². The molecular weight excluding hydrogens is 257 g/mol.